The zero-order valence-electron chi connectivity index (χ0n) is 15.6. The van der Waals surface area contributed by atoms with Crippen LogP contribution in [0.1, 0.15) is 47.0 Å². The minimum atomic E-state index is -0.768. The van der Waals surface area contributed by atoms with Crippen molar-refractivity contribution in [3.8, 4) is 0 Å². The summed E-state index contributed by atoms with van der Waals surface area (Å²) >= 11 is 0. The van der Waals surface area contributed by atoms with Crippen LogP contribution in [0.15, 0.2) is 36.5 Å². The average molecular weight is 350 g/mol. The molecule has 25 heavy (non-hydrogen) atoms. The molecule has 0 saturated heterocycles. The minimum Gasteiger partial charge on any atom is -0.458 e. The second-order valence-electron chi connectivity index (χ2n) is 6.79. The van der Waals surface area contributed by atoms with Crippen molar-refractivity contribution in [2.75, 3.05) is 0 Å². The molecule has 1 heterocycles. The van der Waals surface area contributed by atoms with Crippen LogP contribution in [0, 0.1) is 11.8 Å². The molecule has 1 aliphatic rings. The van der Waals surface area contributed by atoms with Crippen LogP contribution in [0.5, 0.6) is 0 Å². The number of ether oxygens (including phenoxy) is 2. The molecule has 140 valence electrons. The molecule has 5 nitrogen and oxygen atoms in total. The van der Waals surface area contributed by atoms with E-state index in [2.05, 4.69) is 6.58 Å². The van der Waals surface area contributed by atoms with E-state index in [1.165, 1.54) is 6.92 Å². The molecule has 0 unspecified atom stereocenters. The second-order valence-corrected chi connectivity index (χ2v) is 6.79. The zero-order chi connectivity index (χ0) is 19.0. The Labute approximate surface area is 150 Å². The van der Waals surface area contributed by atoms with Crippen LogP contribution >= 0.6 is 0 Å². The first-order valence-corrected chi connectivity index (χ1v) is 8.76. The number of rotatable bonds is 3. The maximum Gasteiger partial charge on any atom is 0.309 e. The summed E-state index contributed by atoms with van der Waals surface area (Å²) in [6, 6.07) is 0. The van der Waals surface area contributed by atoms with Gasteiger partial charge >= 0.3 is 11.9 Å². The monoisotopic (exact) mass is 350 g/mol. The summed E-state index contributed by atoms with van der Waals surface area (Å²) in [5, 5.41) is 10.1. The van der Waals surface area contributed by atoms with Gasteiger partial charge in [0.25, 0.3) is 0 Å². The summed E-state index contributed by atoms with van der Waals surface area (Å²) in [5.41, 5.74) is 0.865. The summed E-state index contributed by atoms with van der Waals surface area (Å²) in [6.45, 7) is 10.8. The van der Waals surface area contributed by atoms with E-state index < -0.39 is 18.2 Å². The molecule has 0 bridgehead atoms. The molecule has 0 spiro atoms. The van der Waals surface area contributed by atoms with Crippen LogP contribution in [0.2, 0.25) is 0 Å². The molecular formula is C20H30O5. The molecule has 0 aromatic carbocycles. The van der Waals surface area contributed by atoms with Gasteiger partial charge in [-0.3, -0.25) is 9.59 Å². The number of carbonyl (C=O) groups excluding carboxylic acids is 2. The number of allylic oxidation sites excluding steroid dienone is 2. The van der Waals surface area contributed by atoms with Crippen molar-refractivity contribution in [1.29, 1.82) is 0 Å². The molecule has 5 atom stereocenters. The molecule has 0 amide bonds. The topological polar surface area (TPSA) is 72.8 Å². The summed E-state index contributed by atoms with van der Waals surface area (Å²) in [6.07, 6.45) is 6.68. The van der Waals surface area contributed by atoms with Crippen molar-refractivity contribution in [3.05, 3.63) is 36.5 Å². The van der Waals surface area contributed by atoms with Crippen molar-refractivity contribution in [1.82, 2.24) is 0 Å². The lowest BCUT2D eigenvalue weighted by molar-refractivity contribution is -0.151. The smallest absolute Gasteiger partial charge is 0.309 e. The number of aliphatic hydroxyl groups is 1. The maximum atomic E-state index is 12.1. The third-order valence-electron chi connectivity index (χ3n) is 4.39. The predicted octanol–water partition coefficient (Wildman–Crippen LogP) is 3.34. The molecule has 0 aliphatic carbocycles. The van der Waals surface area contributed by atoms with Gasteiger partial charge in [-0.15, -0.1) is 0 Å². The largest absolute Gasteiger partial charge is 0.458 e. The van der Waals surface area contributed by atoms with Crippen LogP contribution in [-0.4, -0.2) is 35.4 Å². The lowest BCUT2D eigenvalue weighted by Gasteiger charge is -2.27. The highest BCUT2D eigenvalue weighted by Gasteiger charge is 2.26. The Balaban J connectivity index is 3.13. The van der Waals surface area contributed by atoms with E-state index in [1.807, 2.05) is 32.9 Å². The first-order valence-electron chi connectivity index (χ1n) is 8.76. The third-order valence-corrected chi connectivity index (χ3v) is 4.39. The van der Waals surface area contributed by atoms with E-state index in [-0.39, 0.29) is 30.3 Å². The molecule has 0 saturated carbocycles. The first-order chi connectivity index (χ1) is 11.7. The van der Waals surface area contributed by atoms with E-state index in [0.717, 1.165) is 5.57 Å². The van der Waals surface area contributed by atoms with Gasteiger partial charge < -0.3 is 14.6 Å². The van der Waals surface area contributed by atoms with Crippen LogP contribution in [0.3, 0.4) is 0 Å². The fraction of sp³-hybridized carbons (Fsp3) is 0.600. The molecule has 5 heteroatoms. The number of cyclic esters (lactones) is 1. The van der Waals surface area contributed by atoms with E-state index >= 15 is 0 Å². The zero-order valence-corrected chi connectivity index (χ0v) is 15.6. The van der Waals surface area contributed by atoms with E-state index in [0.29, 0.717) is 12.8 Å². The summed E-state index contributed by atoms with van der Waals surface area (Å²) in [7, 11) is 0. The summed E-state index contributed by atoms with van der Waals surface area (Å²) in [4.78, 5) is 23.5. The van der Waals surface area contributed by atoms with Gasteiger partial charge in [-0.1, -0.05) is 38.7 Å². The normalized spacial score (nSPS) is 33.4. The number of hydrogen-bond donors (Lipinski definition) is 1. The molecule has 1 aliphatic heterocycles. The molecule has 0 aromatic heterocycles. The van der Waals surface area contributed by atoms with Gasteiger partial charge in [0, 0.05) is 12.8 Å². The van der Waals surface area contributed by atoms with Gasteiger partial charge in [0.1, 0.15) is 12.2 Å². The standard InChI is InChI=1S/C20H30O5/c1-6-7-14(3)20-15(4)9-11-18(24-16(5)21)13(2)8-10-17(22)12-19(23)25-20/h6-7,9,11,13,15,17-18,20,22H,1,8,10,12H2,2-5H3/b11-9+,14-7+/t13-,15-,17+,18-,20+/m0/s1. The van der Waals surface area contributed by atoms with Crippen LogP contribution < -0.4 is 0 Å². The lowest BCUT2D eigenvalue weighted by atomic mass is 9.92. The molecular weight excluding hydrogens is 320 g/mol. The quantitative estimate of drug-likeness (QED) is 0.480. The Morgan fingerprint density at radius 2 is 2.00 bits per heavy atom. The van der Waals surface area contributed by atoms with E-state index in [9.17, 15) is 14.7 Å². The highest BCUT2D eigenvalue weighted by Crippen LogP contribution is 2.24. The highest BCUT2D eigenvalue weighted by atomic mass is 16.5. The van der Waals surface area contributed by atoms with Crippen LogP contribution in [-0.2, 0) is 19.1 Å². The SMILES string of the molecule is C=C/C=C(\C)[C@H]1OC(=O)C[C@H](O)CC[C@H](C)[C@@H](OC(C)=O)/C=C/[C@@H]1C. The van der Waals surface area contributed by atoms with Gasteiger partial charge in [-0.25, -0.2) is 0 Å². The third kappa shape index (κ3) is 7.26. The van der Waals surface area contributed by atoms with Crippen LogP contribution in [0.4, 0.5) is 0 Å². The number of carbonyl (C=O) groups is 2. The Morgan fingerprint density at radius 3 is 2.60 bits per heavy atom. The van der Waals surface area contributed by atoms with Crippen molar-refractivity contribution in [2.24, 2.45) is 11.8 Å². The molecule has 0 radical (unpaired) electrons. The van der Waals surface area contributed by atoms with E-state index in [1.54, 1.807) is 12.2 Å². The van der Waals surface area contributed by atoms with Gasteiger partial charge in [-0.2, -0.15) is 0 Å². The van der Waals surface area contributed by atoms with Gasteiger partial charge in [0.15, 0.2) is 0 Å². The highest BCUT2D eigenvalue weighted by molar-refractivity contribution is 5.70. The van der Waals surface area contributed by atoms with Gasteiger partial charge in [0.05, 0.1) is 12.5 Å². The number of aliphatic hydroxyl groups excluding tert-OH is 1. The predicted molar refractivity (Wildman–Crippen MR) is 96.7 cm³/mol. The number of esters is 2. The average Bonchev–Trinajstić information content (AvgIpc) is 2.52. The van der Waals surface area contributed by atoms with Crippen molar-refractivity contribution in [2.45, 2.75) is 65.3 Å². The van der Waals surface area contributed by atoms with Gasteiger partial charge in [-0.05, 0) is 37.3 Å². The molecule has 0 aromatic rings. The molecule has 1 rings (SSSR count). The molecule has 1 N–H and O–H groups in total. The van der Waals surface area contributed by atoms with Crippen LogP contribution in [0.25, 0.3) is 0 Å². The van der Waals surface area contributed by atoms with Crippen molar-refractivity contribution in [3.63, 3.8) is 0 Å². The Kier molecular flexibility index (Phi) is 8.62. The van der Waals surface area contributed by atoms with E-state index in [4.69, 9.17) is 9.47 Å². The van der Waals surface area contributed by atoms with Crippen molar-refractivity contribution < 1.29 is 24.2 Å². The first kappa shape index (κ1) is 21.2. The summed E-state index contributed by atoms with van der Waals surface area (Å²) < 4.78 is 11.0. The fourth-order valence-electron chi connectivity index (χ4n) is 2.92. The maximum absolute atomic E-state index is 12.1. The lowest BCUT2D eigenvalue weighted by Crippen LogP contribution is -2.30. The Hall–Kier alpha value is -1.88. The Morgan fingerprint density at radius 1 is 1.32 bits per heavy atom. The minimum absolute atomic E-state index is 0.0423. The van der Waals surface area contributed by atoms with Gasteiger partial charge in [0.2, 0.25) is 0 Å². The second kappa shape index (κ2) is 10.2. The summed E-state index contributed by atoms with van der Waals surface area (Å²) in [5.74, 6) is -0.825. The number of hydrogen-bond acceptors (Lipinski definition) is 5. The molecule has 0 fully saturated rings. The fourth-order valence-corrected chi connectivity index (χ4v) is 2.92. The Bertz CT molecular complexity index is 534. The van der Waals surface area contributed by atoms with Crippen molar-refractivity contribution >= 4 is 11.9 Å².